The molecule has 0 bridgehead atoms. The highest BCUT2D eigenvalue weighted by Crippen LogP contribution is 2.36. The molecule has 0 N–H and O–H groups in total. The number of sulfonamides is 1. The van der Waals surface area contributed by atoms with Gasteiger partial charge in [-0.05, 0) is 55.9 Å². The zero-order valence-electron chi connectivity index (χ0n) is 18.1. The summed E-state index contributed by atoms with van der Waals surface area (Å²) in [4.78, 5) is 4.01. The molecule has 1 aromatic carbocycles. The Hall–Kier alpha value is -1.41. The lowest BCUT2D eigenvalue weighted by Gasteiger charge is -2.32. The van der Waals surface area contributed by atoms with Crippen molar-refractivity contribution in [3.63, 3.8) is 0 Å². The third kappa shape index (κ3) is 4.90. The van der Waals surface area contributed by atoms with Gasteiger partial charge in [-0.3, -0.25) is 0 Å². The van der Waals surface area contributed by atoms with Crippen molar-refractivity contribution in [2.45, 2.75) is 57.6 Å². The van der Waals surface area contributed by atoms with E-state index in [4.69, 9.17) is 4.74 Å². The van der Waals surface area contributed by atoms with Gasteiger partial charge in [0.15, 0.2) is 5.06 Å². The van der Waals surface area contributed by atoms with Crippen LogP contribution in [0.4, 0.5) is 0 Å². The number of fused-ring (bicyclic) bond motifs is 1. The van der Waals surface area contributed by atoms with E-state index in [1.165, 1.54) is 5.56 Å². The van der Waals surface area contributed by atoms with Gasteiger partial charge < -0.3 is 9.64 Å². The highest BCUT2D eigenvalue weighted by atomic mass is 32.2. The lowest BCUT2D eigenvalue weighted by atomic mass is 10.1. The van der Waals surface area contributed by atoms with Crippen LogP contribution in [-0.2, 0) is 23.0 Å². The molecule has 1 saturated heterocycles. The molecule has 0 radical (unpaired) electrons. The largest absolute Gasteiger partial charge is 0.481 e. The molecule has 0 spiro atoms. The first-order chi connectivity index (χ1) is 14.3. The number of nitrogens with zero attached hydrogens (tertiary/aromatic N) is 2. The number of hydrogen-bond acceptors (Lipinski definition) is 5. The van der Waals surface area contributed by atoms with E-state index < -0.39 is 10.0 Å². The van der Waals surface area contributed by atoms with Gasteiger partial charge in [0.05, 0.1) is 4.90 Å². The van der Waals surface area contributed by atoms with Crippen molar-refractivity contribution in [2.75, 3.05) is 26.2 Å². The molecular formula is C23H32N2O3S2. The van der Waals surface area contributed by atoms with Crippen LogP contribution in [0.2, 0.25) is 0 Å². The van der Waals surface area contributed by atoms with Crippen molar-refractivity contribution >= 4 is 21.4 Å². The van der Waals surface area contributed by atoms with E-state index in [0.29, 0.717) is 23.9 Å². The molecule has 2 aliphatic rings. The standard InChI is InChI=1S/C23H32N2O3S2/c1-17(2)15-24-11-9-20(10-12-24)28-23-14-19-8-13-25(16-22(19)29-23)30(26,27)21-6-4-18(3)5-7-21/h4-7,14,17,20H,8-13,15-16H2,1-3H3. The van der Waals surface area contributed by atoms with Crippen LogP contribution in [0, 0.1) is 12.8 Å². The zero-order valence-corrected chi connectivity index (χ0v) is 19.8. The second-order valence-corrected chi connectivity index (χ2v) is 12.0. The zero-order chi connectivity index (χ0) is 21.3. The van der Waals surface area contributed by atoms with Crippen LogP contribution < -0.4 is 4.74 Å². The van der Waals surface area contributed by atoms with Gasteiger partial charge >= 0.3 is 0 Å². The summed E-state index contributed by atoms with van der Waals surface area (Å²) in [5.41, 5.74) is 2.30. The molecule has 164 valence electrons. The summed E-state index contributed by atoms with van der Waals surface area (Å²) in [6.07, 6.45) is 3.13. The van der Waals surface area contributed by atoms with Crippen molar-refractivity contribution in [1.29, 1.82) is 0 Å². The SMILES string of the molecule is Cc1ccc(S(=O)(=O)N2CCc3cc(OC4CCN(CC(C)C)CC4)sc3C2)cc1. The summed E-state index contributed by atoms with van der Waals surface area (Å²) in [5.74, 6) is 0.700. The average Bonchev–Trinajstić information content (AvgIpc) is 3.11. The molecule has 0 unspecified atom stereocenters. The fourth-order valence-corrected chi connectivity index (χ4v) is 6.91. The third-order valence-corrected chi connectivity index (χ3v) is 8.84. The van der Waals surface area contributed by atoms with Gasteiger partial charge in [0.2, 0.25) is 10.0 Å². The monoisotopic (exact) mass is 448 g/mol. The Morgan fingerprint density at radius 1 is 1.13 bits per heavy atom. The lowest BCUT2D eigenvalue weighted by Crippen LogP contribution is -2.39. The Bertz CT molecular complexity index is 959. The maximum Gasteiger partial charge on any atom is 0.243 e. The summed E-state index contributed by atoms with van der Waals surface area (Å²) >= 11 is 1.62. The first-order valence-corrected chi connectivity index (χ1v) is 13.1. The molecular weight excluding hydrogens is 416 g/mol. The fraction of sp³-hybridized carbons (Fsp3) is 0.565. The number of aryl methyl sites for hydroxylation is 1. The van der Waals surface area contributed by atoms with Crippen LogP contribution in [0.15, 0.2) is 35.2 Å². The number of hydrogen-bond donors (Lipinski definition) is 0. The van der Waals surface area contributed by atoms with Crippen molar-refractivity contribution < 1.29 is 13.2 Å². The van der Waals surface area contributed by atoms with Crippen LogP contribution in [0.5, 0.6) is 5.06 Å². The van der Waals surface area contributed by atoms with Crippen molar-refractivity contribution in [2.24, 2.45) is 5.92 Å². The molecule has 0 aliphatic carbocycles. The number of benzene rings is 1. The second kappa shape index (κ2) is 8.99. The molecule has 2 aliphatic heterocycles. The summed E-state index contributed by atoms with van der Waals surface area (Å²) in [6, 6.07) is 9.25. The minimum absolute atomic E-state index is 0.265. The fourth-order valence-electron chi connectivity index (χ4n) is 4.28. The van der Waals surface area contributed by atoms with E-state index in [9.17, 15) is 8.42 Å². The lowest BCUT2D eigenvalue weighted by molar-refractivity contribution is 0.0969. The van der Waals surface area contributed by atoms with Crippen LogP contribution in [-0.4, -0.2) is 49.9 Å². The minimum atomic E-state index is -3.46. The van der Waals surface area contributed by atoms with Gasteiger partial charge in [0.1, 0.15) is 6.10 Å². The van der Waals surface area contributed by atoms with E-state index in [1.54, 1.807) is 27.8 Å². The van der Waals surface area contributed by atoms with Crippen LogP contribution in [0.1, 0.15) is 42.7 Å². The summed E-state index contributed by atoms with van der Waals surface area (Å²) in [7, 11) is -3.46. The van der Waals surface area contributed by atoms with Crippen LogP contribution in [0.3, 0.4) is 0 Å². The molecule has 0 atom stereocenters. The second-order valence-electron chi connectivity index (χ2n) is 8.93. The first-order valence-electron chi connectivity index (χ1n) is 10.9. The number of piperidine rings is 1. The first kappa shape index (κ1) is 21.8. The molecule has 3 heterocycles. The number of rotatable bonds is 6. The molecule has 4 rings (SSSR count). The molecule has 7 heteroatoms. The maximum atomic E-state index is 13.0. The Balaban J connectivity index is 1.38. The summed E-state index contributed by atoms with van der Waals surface area (Å²) < 4.78 is 34.0. The average molecular weight is 449 g/mol. The van der Waals surface area contributed by atoms with Crippen LogP contribution >= 0.6 is 11.3 Å². The molecule has 30 heavy (non-hydrogen) atoms. The Kier molecular flexibility index (Phi) is 6.53. The Labute approximate surface area is 184 Å². The Morgan fingerprint density at radius 2 is 1.83 bits per heavy atom. The van der Waals surface area contributed by atoms with E-state index in [-0.39, 0.29) is 6.10 Å². The number of likely N-dealkylation sites (tertiary alicyclic amines) is 1. The van der Waals surface area contributed by atoms with Gasteiger partial charge in [-0.25, -0.2) is 8.42 Å². The number of ether oxygens (including phenoxy) is 1. The van der Waals surface area contributed by atoms with E-state index in [0.717, 1.165) is 54.4 Å². The quantitative estimate of drug-likeness (QED) is 0.661. The Morgan fingerprint density at radius 3 is 2.50 bits per heavy atom. The predicted molar refractivity (Wildman–Crippen MR) is 122 cm³/mol. The van der Waals surface area contributed by atoms with Gasteiger partial charge in [-0.15, -0.1) is 11.3 Å². The van der Waals surface area contributed by atoms with E-state index in [1.807, 2.05) is 19.1 Å². The van der Waals surface area contributed by atoms with Gasteiger partial charge in [0, 0.05) is 37.6 Å². The molecule has 0 saturated carbocycles. The molecule has 5 nitrogen and oxygen atoms in total. The highest BCUT2D eigenvalue weighted by Gasteiger charge is 2.30. The van der Waals surface area contributed by atoms with Gasteiger partial charge in [-0.2, -0.15) is 4.31 Å². The molecule has 1 aromatic heterocycles. The van der Waals surface area contributed by atoms with Crippen molar-refractivity contribution in [1.82, 2.24) is 9.21 Å². The third-order valence-electron chi connectivity index (χ3n) is 5.92. The van der Waals surface area contributed by atoms with Crippen molar-refractivity contribution in [3.8, 4) is 5.06 Å². The van der Waals surface area contributed by atoms with Gasteiger partial charge in [0.25, 0.3) is 0 Å². The maximum absolute atomic E-state index is 13.0. The normalized spacial score (nSPS) is 19.2. The molecule has 0 amide bonds. The highest BCUT2D eigenvalue weighted by molar-refractivity contribution is 7.89. The van der Waals surface area contributed by atoms with E-state index in [2.05, 4.69) is 24.8 Å². The van der Waals surface area contributed by atoms with E-state index >= 15 is 0 Å². The smallest absolute Gasteiger partial charge is 0.243 e. The number of thiophene rings is 1. The van der Waals surface area contributed by atoms with Crippen molar-refractivity contribution in [3.05, 3.63) is 46.3 Å². The summed E-state index contributed by atoms with van der Waals surface area (Å²) in [6.45, 7) is 10.8. The predicted octanol–water partition coefficient (Wildman–Crippen LogP) is 4.30. The molecule has 2 aromatic rings. The van der Waals surface area contributed by atoms with Crippen LogP contribution in [0.25, 0.3) is 0 Å². The van der Waals surface area contributed by atoms with Gasteiger partial charge in [-0.1, -0.05) is 31.5 Å². The topological polar surface area (TPSA) is 49.9 Å². The molecule has 1 fully saturated rings. The minimum Gasteiger partial charge on any atom is -0.481 e. The summed E-state index contributed by atoms with van der Waals surface area (Å²) in [5, 5.41) is 0.942.